The van der Waals surface area contributed by atoms with Gasteiger partial charge in [0.05, 0.1) is 17.1 Å². The van der Waals surface area contributed by atoms with E-state index in [1.54, 1.807) is 16.8 Å². The third kappa shape index (κ3) is 6.17. The van der Waals surface area contributed by atoms with E-state index in [1.165, 1.54) is 17.8 Å². The number of halogens is 1. The van der Waals surface area contributed by atoms with Crippen LogP contribution in [-0.4, -0.2) is 45.2 Å². The molecule has 0 bridgehead atoms. The molecule has 160 valence electrons. The largest absolute Gasteiger partial charge is 0.357 e. The van der Waals surface area contributed by atoms with Crippen LogP contribution in [0.15, 0.2) is 47.6 Å². The maximum atomic E-state index is 13.1. The minimum absolute atomic E-state index is 0.250. The van der Waals surface area contributed by atoms with E-state index < -0.39 is 0 Å². The van der Waals surface area contributed by atoms with Gasteiger partial charge in [-0.25, -0.2) is 9.07 Å². The summed E-state index contributed by atoms with van der Waals surface area (Å²) in [6.45, 7) is 9.27. The van der Waals surface area contributed by atoms with Crippen LogP contribution < -0.4 is 10.6 Å². The highest BCUT2D eigenvalue weighted by Gasteiger charge is 2.04. The third-order valence-corrected chi connectivity index (χ3v) is 4.65. The van der Waals surface area contributed by atoms with Gasteiger partial charge < -0.3 is 10.6 Å². The summed E-state index contributed by atoms with van der Waals surface area (Å²) in [5.41, 5.74) is 4.04. The highest BCUT2D eigenvalue weighted by atomic mass is 19.1. The summed E-state index contributed by atoms with van der Waals surface area (Å²) in [5, 5.41) is 15.7. The lowest BCUT2D eigenvalue weighted by molar-refractivity contribution is 0.567. The van der Waals surface area contributed by atoms with Crippen LogP contribution in [0.5, 0.6) is 0 Å². The summed E-state index contributed by atoms with van der Waals surface area (Å²) in [7, 11) is 0. The molecule has 0 aliphatic rings. The van der Waals surface area contributed by atoms with Crippen LogP contribution in [0.1, 0.15) is 30.4 Å². The van der Waals surface area contributed by atoms with Gasteiger partial charge in [-0.2, -0.15) is 10.2 Å². The predicted molar refractivity (Wildman–Crippen MR) is 118 cm³/mol. The van der Waals surface area contributed by atoms with Crippen molar-refractivity contribution in [3.05, 3.63) is 65.5 Å². The van der Waals surface area contributed by atoms with Crippen LogP contribution >= 0.6 is 0 Å². The molecule has 3 rings (SSSR count). The molecule has 8 heteroatoms. The summed E-state index contributed by atoms with van der Waals surface area (Å²) in [5.74, 6) is 0.560. The number of guanidine groups is 1. The lowest BCUT2D eigenvalue weighted by Gasteiger charge is -2.11. The fourth-order valence-electron chi connectivity index (χ4n) is 3.20. The van der Waals surface area contributed by atoms with E-state index in [0.717, 1.165) is 62.1 Å². The number of aromatic nitrogens is 4. The Labute approximate surface area is 177 Å². The standard InChI is InChI=1S/C22H30FN7/c1-4-24-22(25-12-5-14-29-18(3)16-17(2)27-29)26-13-10-20-11-15-30(28-20)21-8-6-19(23)7-9-21/h6-9,11,15-16H,4-5,10,12-14H2,1-3H3,(H2,24,25,26). The Hall–Kier alpha value is -3.16. The molecule has 30 heavy (non-hydrogen) atoms. The normalized spacial score (nSPS) is 11.7. The van der Waals surface area contributed by atoms with Crippen molar-refractivity contribution >= 4 is 5.96 Å². The molecule has 0 unspecified atom stereocenters. The van der Waals surface area contributed by atoms with Crippen molar-refractivity contribution in [2.45, 2.75) is 40.2 Å². The number of rotatable bonds is 9. The number of aliphatic imine (C=N–C) groups is 1. The summed E-state index contributed by atoms with van der Waals surface area (Å²) < 4.78 is 16.9. The smallest absolute Gasteiger partial charge is 0.191 e. The number of benzene rings is 1. The van der Waals surface area contributed by atoms with Crippen molar-refractivity contribution in [2.24, 2.45) is 4.99 Å². The van der Waals surface area contributed by atoms with Gasteiger partial charge in [-0.3, -0.25) is 9.67 Å². The van der Waals surface area contributed by atoms with Crippen LogP contribution in [0.25, 0.3) is 5.69 Å². The van der Waals surface area contributed by atoms with E-state index in [-0.39, 0.29) is 5.82 Å². The van der Waals surface area contributed by atoms with Crippen molar-refractivity contribution in [3.63, 3.8) is 0 Å². The zero-order valence-electron chi connectivity index (χ0n) is 17.9. The van der Waals surface area contributed by atoms with Gasteiger partial charge >= 0.3 is 0 Å². The van der Waals surface area contributed by atoms with Crippen LogP contribution in [0.2, 0.25) is 0 Å². The van der Waals surface area contributed by atoms with Gasteiger partial charge in [0.25, 0.3) is 0 Å². The second-order valence-electron chi connectivity index (χ2n) is 7.17. The zero-order chi connectivity index (χ0) is 21.3. The first-order valence-electron chi connectivity index (χ1n) is 10.4. The monoisotopic (exact) mass is 411 g/mol. The van der Waals surface area contributed by atoms with E-state index in [2.05, 4.69) is 45.7 Å². The Morgan fingerprint density at radius 2 is 1.90 bits per heavy atom. The number of nitrogens with zero attached hydrogens (tertiary/aromatic N) is 5. The van der Waals surface area contributed by atoms with Gasteiger partial charge in [0.1, 0.15) is 5.82 Å². The summed E-state index contributed by atoms with van der Waals surface area (Å²) in [6, 6.07) is 10.4. The highest BCUT2D eigenvalue weighted by molar-refractivity contribution is 5.79. The molecule has 0 amide bonds. The lowest BCUT2D eigenvalue weighted by atomic mass is 10.3. The molecule has 3 aromatic rings. The summed E-state index contributed by atoms with van der Waals surface area (Å²) in [4.78, 5) is 4.65. The quantitative estimate of drug-likeness (QED) is 0.323. The van der Waals surface area contributed by atoms with Crippen molar-refractivity contribution in [3.8, 4) is 5.69 Å². The number of aryl methyl sites for hydroxylation is 3. The van der Waals surface area contributed by atoms with E-state index in [4.69, 9.17) is 0 Å². The topological polar surface area (TPSA) is 72.1 Å². The molecule has 0 aliphatic carbocycles. The molecule has 0 spiro atoms. The SMILES string of the molecule is CCNC(=NCCCn1nc(C)cc1C)NCCc1ccn(-c2ccc(F)cc2)n1. The number of nitrogens with one attached hydrogen (secondary N) is 2. The van der Waals surface area contributed by atoms with Gasteiger partial charge in [-0.1, -0.05) is 0 Å². The number of hydrogen-bond acceptors (Lipinski definition) is 3. The molecule has 0 saturated carbocycles. The Balaban J connectivity index is 1.45. The predicted octanol–water partition coefficient (Wildman–Crippen LogP) is 3.01. The Morgan fingerprint density at radius 3 is 2.60 bits per heavy atom. The van der Waals surface area contributed by atoms with E-state index in [9.17, 15) is 4.39 Å². The molecule has 2 aromatic heterocycles. The first-order chi connectivity index (χ1) is 14.5. The molecule has 0 fully saturated rings. The summed E-state index contributed by atoms with van der Waals surface area (Å²) in [6.07, 6.45) is 3.59. The minimum atomic E-state index is -0.250. The van der Waals surface area contributed by atoms with Crippen LogP contribution in [0.4, 0.5) is 4.39 Å². The molecule has 0 radical (unpaired) electrons. The maximum absolute atomic E-state index is 13.1. The van der Waals surface area contributed by atoms with Gasteiger partial charge in [0.2, 0.25) is 0 Å². The highest BCUT2D eigenvalue weighted by Crippen LogP contribution is 2.09. The second-order valence-corrected chi connectivity index (χ2v) is 7.17. The second kappa shape index (κ2) is 10.6. The number of hydrogen-bond donors (Lipinski definition) is 2. The van der Waals surface area contributed by atoms with Crippen LogP contribution in [0, 0.1) is 19.7 Å². The molecule has 2 heterocycles. The molecule has 0 saturated heterocycles. The average Bonchev–Trinajstić information content (AvgIpc) is 3.31. The molecule has 2 N–H and O–H groups in total. The van der Waals surface area contributed by atoms with Crippen molar-refractivity contribution < 1.29 is 4.39 Å². The molecule has 7 nitrogen and oxygen atoms in total. The van der Waals surface area contributed by atoms with Crippen molar-refractivity contribution in [2.75, 3.05) is 19.6 Å². The van der Waals surface area contributed by atoms with Crippen LogP contribution in [-0.2, 0) is 13.0 Å². The average molecular weight is 412 g/mol. The van der Waals surface area contributed by atoms with Crippen molar-refractivity contribution in [1.29, 1.82) is 0 Å². The summed E-state index contributed by atoms with van der Waals surface area (Å²) >= 11 is 0. The van der Waals surface area contributed by atoms with E-state index >= 15 is 0 Å². The molecule has 0 atom stereocenters. The van der Waals surface area contributed by atoms with Gasteiger partial charge in [0.15, 0.2) is 5.96 Å². The maximum Gasteiger partial charge on any atom is 0.191 e. The van der Waals surface area contributed by atoms with Gasteiger partial charge in [0, 0.05) is 44.5 Å². The van der Waals surface area contributed by atoms with Crippen molar-refractivity contribution in [1.82, 2.24) is 30.2 Å². The Bertz CT molecular complexity index is 956. The Kier molecular flexibility index (Phi) is 7.59. The molecule has 1 aromatic carbocycles. The fourth-order valence-corrected chi connectivity index (χ4v) is 3.20. The van der Waals surface area contributed by atoms with E-state index in [0.29, 0.717) is 0 Å². The van der Waals surface area contributed by atoms with E-state index in [1.807, 2.05) is 23.9 Å². The van der Waals surface area contributed by atoms with Crippen LogP contribution in [0.3, 0.4) is 0 Å². The lowest BCUT2D eigenvalue weighted by Crippen LogP contribution is -2.38. The molecular weight excluding hydrogens is 381 g/mol. The minimum Gasteiger partial charge on any atom is -0.357 e. The molecular formula is C22H30FN7. The molecule has 0 aliphatic heterocycles. The zero-order valence-corrected chi connectivity index (χ0v) is 17.9. The van der Waals surface area contributed by atoms with Gasteiger partial charge in [-0.15, -0.1) is 0 Å². The third-order valence-electron chi connectivity index (χ3n) is 4.65. The van der Waals surface area contributed by atoms with Gasteiger partial charge in [-0.05, 0) is 63.6 Å². The first kappa shape index (κ1) is 21.5. The first-order valence-corrected chi connectivity index (χ1v) is 10.4. The fraction of sp³-hybridized carbons (Fsp3) is 0.409. The Morgan fingerprint density at radius 1 is 1.10 bits per heavy atom.